The van der Waals surface area contributed by atoms with Gasteiger partial charge in [0.2, 0.25) is 11.8 Å². The molecule has 17 heavy (non-hydrogen) atoms. The molecule has 0 aromatic carbocycles. The van der Waals surface area contributed by atoms with Crippen LogP contribution in [-0.4, -0.2) is 34.8 Å². The molecule has 0 spiro atoms. The van der Waals surface area contributed by atoms with Gasteiger partial charge in [0.1, 0.15) is 6.04 Å². The Hall–Kier alpha value is -1.10. The summed E-state index contributed by atoms with van der Waals surface area (Å²) < 4.78 is 0. The number of rotatable bonds is 3. The van der Waals surface area contributed by atoms with Gasteiger partial charge in [-0.05, 0) is 40.5 Å². The molecule has 0 bridgehead atoms. The van der Waals surface area contributed by atoms with E-state index in [1.54, 1.807) is 4.90 Å². The largest absolute Gasteiger partial charge is 0.368 e. The van der Waals surface area contributed by atoms with Crippen molar-refractivity contribution < 1.29 is 9.59 Å². The first kappa shape index (κ1) is 14.0. The zero-order valence-corrected chi connectivity index (χ0v) is 11.1. The summed E-state index contributed by atoms with van der Waals surface area (Å²) in [6.45, 7) is 7.85. The maximum atomic E-state index is 12.5. The number of carbonyl (C=O) groups is 2. The number of primary amides is 1. The average molecular weight is 241 g/mol. The summed E-state index contributed by atoms with van der Waals surface area (Å²) in [5, 5.41) is 0. The summed E-state index contributed by atoms with van der Waals surface area (Å²) in [5.74, 6) is -0.521. The van der Waals surface area contributed by atoms with Gasteiger partial charge >= 0.3 is 0 Å². The molecule has 4 N–H and O–H groups in total. The van der Waals surface area contributed by atoms with Crippen molar-refractivity contribution in [3.05, 3.63) is 0 Å². The minimum absolute atomic E-state index is 0.0914. The van der Waals surface area contributed by atoms with E-state index in [1.165, 1.54) is 0 Å². The van der Waals surface area contributed by atoms with E-state index in [1.807, 2.05) is 27.7 Å². The van der Waals surface area contributed by atoms with E-state index < -0.39 is 22.9 Å². The van der Waals surface area contributed by atoms with Crippen LogP contribution in [-0.2, 0) is 9.59 Å². The van der Waals surface area contributed by atoms with Crippen molar-refractivity contribution >= 4 is 11.8 Å². The second-order valence-electron chi connectivity index (χ2n) is 5.91. The number of hydrogen-bond acceptors (Lipinski definition) is 3. The average Bonchev–Trinajstić information content (AvgIpc) is 2.62. The van der Waals surface area contributed by atoms with Crippen LogP contribution in [0.5, 0.6) is 0 Å². The Balaban J connectivity index is 2.94. The summed E-state index contributed by atoms with van der Waals surface area (Å²) in [7, 11) is 0. The first-order valence-electron chi connectivity index (χ1n) is 5.98. The van der Waals surface area contributed by atoms with Gasteiger partial charge in [-0.25, -0.2) is 0 Å². The molecule has 1 atom stereocenters. The third-order valence-corrected chi connectivity index (χ3v) is 3.99. The molecule has 1 aliphatic rings. The van der Waals surface area contributed by atoms with Gasteiger partial charge in [0, 0.05) is 12.1 Å². The monoisotopic (exact) mass is 241 g/mol. The summed E-state index contributed by atoms with van der Waals surface area (Å²) >= 11 is 0. The molecule has 0 aliphatic carbocycles. The van der Waals surface area contributed by atoms with Crippen molar-refractivity contribution in [1.82, 2.24) is 4.90 Å². The topological polar surface area (TPSA) is 89.4 Å². The van der Waals surface area contributed by atoms with Gasteiger partial charge in [0.15, 0.2) is 0 Å². The molecule has 5 heteroatoms. The van der Waals surface area contributed by atoms with Gasteiger partial charge in [-0.3, -0.25) is 9.59 Å². The first-order valence-corrected chi connectivity index (χ1v) is 5.98. The molecule has 0 radical (unpaired) electrons. The van der Waals surface area contributed by atoms with Crippen LogP contribution in [0.2, 0.25) is 0 Å². The minimum Gasteiger partial charge on any atom is -0.368 e. The van der Waals surface area contributed by atoms with Crippen LogP contribution in [0.1, 0.15) is 40.5 Å². The molecule has 1 saturated heterocycles. The van der Waals surface area contributed by atoms with E-state index in [-0.39, 0.29) is 5.91 Å². The van der Waals surface area contributed by atoms with Crippen LogP contribution in [0, 0.1) is 5.41 Å². The fraction of sp³-hybridized carbons (Fsp3) is 0.833. The summed E-state index contributed by atoms with van der Waals surface area (Å²) in [6.07, 6.45) is 1.47. The van der Waals surface area contributed by atoms with Crippen LogP contribution >= 0.6 is 0 Å². The Labute approximate surface area is 103 Å². The molecule has 2 amide bonds. The van der Waals surface area contributed by atoms with Gasteiger partial charge < -0.3 is 16.4 Å². The van der Waals surface area contributed by atoms with Crippen molar-refractivity contribution in [1.29, 1.82) is 0 Å². The Bertz CT molecular complexity index is 331. The molecular weight excluding hydrogens is 218 g/mol. The lowest BCUT2D eigenvalue weighted by atomic mass is 9.74. The van der Waals surface area contributed by atoms with E-state index in [2.05, 4.69) is 0 Å². The lowest BCUT2D eigenvalue weighted by Crippen LogP contribution is -2.58. The van der Waals surface area contributed by atoms with E-state index in [0.717, 1.165) is 6.42 Å². The van der Waals surface area contributed by atoms with Gasteiger partial charge in [0.25, 0.3) is 0 Å². The van der Waals surface area contributed by atoms with E-state index in [9.17, 15) is 9.59 Å². The lowest BCUT2D eigenvalue weighted by Gasteiger charge is -2.40. The number of amides is 2. The zero-order valence-electron chi connectivity index (χ0n) is 11.1. The van der Waals surface area contributed by atoms with Crippen LogP contribution in [0.25, 0.3) is 0 Å². The molecule has 1 rings (SSSR count). The van der Waals surface area contributed by atoms with Crippen LogP contribution in [0.3, 0.4) is 0 Å². The second kappa shape index (κ2) is 4.29. The molecule has 5 nitrogen and oxygen atoms in total. The Morgan fingerprint density at radius 3 is 2.18 bits per heavy atom. The highest BCUT2D eigenvalue weighted by molar-refractivity contribution is 5.90. The van der Waals surface area contributed by atoms with Gasteiger partial charge in [-0.2, -0.15) is 0 Å². The summed E-state index contributed by atoms with van der Waals surface area (Å²) in [5.41, 5.74) is 9.99. The maximum Gasteiger partial charge on any atom is 0.240 e. The van der Waals surface area contributed by atoms with E-state index >= 15 is 0 Å². The minimum atomic E-state index is -0.717. The molecule has 1 unspecified atom stereocenters. The van der Waals surface area contributed by atoms with Gasteiger partial charge in [-0.1, -0.05) is 0 Å². The highest BCUT2D eigenvalue weighted by atomic mass is 16.2. The summed E-state index contributed by atoms with van der Waals surface area (Å²) in [4.78, 5) is 25.3. The predicted octanol–water partition coefficient (Wildman–Crippen LogP) is 0.226. The van der Waals surface area contributed by atoms with Crippen molar-refractivity contribution in [3.63, 3.8) is 0 Å². The Kier molecular flexibility index (Phi) is 3.52. The first-order chi connectivity index (χ1) is 7.59. The third-order valence-electron chi connectivity index (χ3n) is 3.99. The molecule has 1 aliphatic heterocycles. The van der Waals surface area contributed by atoms with Crippen molar-refractivity contribution in [3.8, 4) is 0 Å². The smallest absolute Gasteiger partial charge is 0.240 e. The van der Waals surface area contributed by atoms with Gasteiger partial charge in [-0.15, -0.1) is 0 Å². The fourth-order valence-corrected chi connectivity index (χ4v) is 1.94. The molecule has 98 valence electrons. The number of nitrogens with zero attached hydrogens (tertiary/aromatic N) is 1. The number of carbonyl (C=O) groups excluding carboxylic acids is 2. The molecule has 0 aromatic rings. The second-order valence-corrected chi connectivity index (χ2v) is 5.91. The standard InChI is InChI=1S/C12H23N3O2/c1-11(2,12(3,4)14)10(17)15-7-5-6-8(15)9(13)16/h8H,5-7,14H2,1-4H3,(H2,13,16). The van der Waals surface area contributed by atoms with Crippen LogP contribution in [0.4, 0.5) is 0 Å². The van der Waals surface area contributed by atoms with E-state index in [0.29, 0.717) is 13.0 Å². The van der Waals surface area contributed by atoms with E-state index in [4.69, 9.17) is 11.5 Å². The number of likely N-dealkylation sites (tertiary alicyclic amines) is 1. The highest BCUT2D eigenvalue weighted by Gasteiger charge is 2.46. The number of nitrogens with two attached hydrogens (primary N) is 2. The lowest BCUT2D eigenvalue weighted by molar-refractivity contribution is -0.147. The number of hydrogen-bond donors (Lipinski definition) is 2. The van der Waals surface area contributed by atoms with Crippen molar-refractivity contribution in [2.75, 3.05) is 6.54 Å². The predicted molar refractivity (Wildman–Crippen MR) is 66.0 cm³/mol. The van der Waals surface area contributed by atoms with Crippen molar-refractivity contribution in [2.24, 2.45) is 16.9 Å². The summed E-state index contributed by atoms with van der Waals surface area (Å²) in [6, 6.07) is -0.468. The molecule has 1 fully saturated rings. The molecular formula is C12H23N3O2. The third kappa shape index (κ3) is 2.44. The van der Waals surface area contributed by atoms with Gasteiger partial charge in [0.05, 0.1) is 5.41 Å². The van der Waals surface area contributed by atoms with Crippen LogP contribution < -0.4 is 11.5 Å². The quantitative estimate of drug-likeness (QED) is 0.741. The van der Waals surface area contributed by atoms with Crippen molar-refractivity contribution in [2.45, 2.75) is 52.1 Å². The molecule has 1 heterocycles. The maximum absolute atomic E-state index is 12.5. The normalized spacial score (nSPS) is 21.7. The highest BCUT2D eigenvalue weighted by Crippen LogP contribution is 2.33. The molecule has 0 aromatic heterocycles. The van der Waals surface area contributed by atoms with Crippen LogP contribution in [0.15, 0.2) is 0 Å². The SMILES string of the molecule is CC(C)(N)C(C)(C)C(=O)N1CCCC1C(N)=O. The Morgan fingerprint density at radius 1 is 1.24 bits per heavy atom. The fourth-order valence-electron chi connectivity index (χ4n) is 1.94. The zero-order chi connectivity index (χ0) is 13.4. The Morgan fingerprint density at radius 2 is 1.76 bits per heavy atom. The molecule has 0 saturated carbocycles.